The molecule has 0 bridgehead atoms. The normalized spacial score (nSPS) is 10.1. The van der Waals surface area contributed by atoms with Crippen molar-refractivity contribution in [2.24, 2.45) is 0 Å². The van der Waals surface area contributed by atoms with Crippen LogP contribution in [0.2, 0.25) is 0 Å². The molecule has 0 aliphatic rings. The minimum absolute atomic E-state index is 1.05. The van der Waals surface area contributed by atoms with Crippen molar-refractivity contribution in [3.63, 3.8) is 0 Å². The Balaban J connectivity index is 3.15. The van der Waals surface area contributed by atoms with Crippen molar-refractivity contribution in [3.05, 3.63) is 35.9 Å². The van der Waals surface area contributed by atoms with Crippen molar-refractivity contribution in [2.45, 2.75) is 27.7 Å². The maximum Gasteiger partial charge on any atom is 0.0401 e. The van der Waals surface area contributed by atoms with Crippen molar-refractivity contribution in [1.29, 1.82) is 0 Å². The van der Waals surface area contributed by atoms with E-state index in [9.17, 15) is 0 Å². The van der Waals surface area contributed by atoms with Gasteiger partial charge in [-0.25, -0.2) is 0 Å². The smallest absolute Gasteiger partial charge is 0.0401 e. The fourth-order valence-electron chi connectivity index (χ4n) is 1.78. The van der Waals surface area contributed by atoms with Crippen LogP contribution in [0.3, 0.4) is 0 Å². The van der Waals surface area contributed by atoms with Crippen LogP contribution in [0.15, 0.2) is 24.8 Å². The second kappa shape index (κ2) is 5.01. The molecule has 1 aromatic rings. The highest BCUT2D eigenvalue weighted by atomic mass is 15.1. The van der Waals surface area contributed by atoms with E-state index in [4.69, 9.17) is 0 Å². The lowest BCUT2D eigenvalue weighted by Crippen LogP contribution is -2.22. The van der Waals surface area contributed by atoms with Crippen LogP contribution in [0.25, 0.3) is 5.57 Å². The second-order valence-electron chi connectivity index (χ2n) is 3.95. The Morgan fingerprint density at radius 3 is 2.33 bits per heavy atom. The number of allylic oxidation sites excluding steroid dienone is 1. The summed E-state index contributed by atoms with van der Waals surface area (Å²) in [7, 11) is 0. The Morgan fingerprint density at radius 2 is 1.87 bits per heavy atom. The minimum Gasteiger partial charge on any atom is -0.372 e. The van der Waals surface area contributed by atoms with Gasteiger partial charge in [-0.1, -0.05) is 24.3 Å². The molecule has 0 unspecified atom stereocenters. The van der Waals surface area contributed by atoms with Gasteiger partial charge in [-0.3, -0.25) is 0 Å². The van der Waals surface area contributed by atoms with Crippen molar-refractivity contribution in [2.75, 3.05) is 18.0 Å². The maximum absolute atomic E-state index is 3.99. The second-order valence-corrected chi connectivity index (χ2v) is 3.95. The summed E-state index contributed by atoms with van der Waals surface area (Å²) >= 11 is 0. The van der Waals surface area contributed by atoms with Crippen LogP contribution in [0, 0.1) is 6.92 Å². The molecule has 0 atom stereocenters. The third-order valence-corrected chi connectivity index (χ3v) is 2.81. The zero-order valence-electron chi connectivity index (χ0n) is 10.3. The number of hydrogen-bond acceptors (Lipinski definition) is 1. The number of nitrogens with zero attached hydrogens (tertiary/aromatic N) is 1. The van der Waals surface area contributed by atoms with E-state index in [2.05, 4.69) is 57.4 Å². The van der Waals surface area contributed by atoms with Crippen LogP contribution in [0.4, 0.5) is 5.69 Å². The summed E-state index contributed by atoms with van der Waals surface area (Å²) < 4.78 is 0. The zero-order chi connectivity index (χ0) is 11.4. The van der Waals surface area contributed by atoms with E-state index >= 15 is 0 Å². The topological polar surface area (TPSA) is 3.24 Å². The van der Waals surface area contributed by atoms with Crippen molar-refractivity contribution >= 4 is 11.3 Å². The largest absolute Gasteiger partial charge is 0.372 e. The zero-order valence-corrected chi connectivity index (χ0v) is 10.3. The van der Waals surface area contributed by atoms with Gasteiger partial charge in [0.05, 0.1) is 0 Å². The first-order chi connectivity index (χ1) is 7.10. The number of hydrogen-bond donors (Lipinski definition) is 0. The van der Waals surface area contributed by atoms with E-state index in [-0.39, 0.29) is 0 Å². The number of rotatable bonds is 4. The van der Waals surface area contributed by atoms with Crippen molar-refractivity contribution in [1.82, 2.24) is 0 Å². The Hall–Kier alpha value is -1.24. The molecule has 0 heterocycles. The molecule has 0 fully saturated rings. The third kappa shape index (κ3) is 2.62. The van der Waals surface area contributed by atoms with Gasteiger partial charge in [0, 0.05) is 18.8 Å². The quantitative estimate of drug-likeness (QED) is 0.718. The summed E-state index contributed by atoms with van der Waals surface area (Å²) in [5.41, 5.74) is 5.04. The monoisotopic (exact) mass is 203 g/mol. The third-order valence-electron chi connectivity index (χ3n) is 2.81. The molecule has 0 saturated carbocycles. The van der Waals surface area contributed by atoms with Gasteiger partial charge < -0.3 is 4.90 Å². The standard InChI is InChI=1S/C14H21N/c1-6-15(7-2)14-10-13(11(3)4)9-8-12(14)5/h8-10H,3,6-7H2,1-2,4-5H3. The van der Waals surface area contributed by atoms with Gasteiger partial charge in [-0.15, -0.1) is 0 Å². The van der Waals surface area contributed by atoms with Crippen LogP contribution in [-0.4, -0.2) is 13.1 Å². The van der Waals surface area contributed by atoms with Crippen LogP contribution in [0.1, 0.15) is 31.9 Å². The Bertz CT molecular complexity index is 348. The molecular weight excluding hydrogens is 182 g/mol. The molecule has 0 saturated heterocycles. The molecule has 1 aromatic carbocycles. The predicted octanol–water partition coefficient (Wildman–Crippen LogP) is 3.87. The maximum atomic E-state index is 3.99. The molecule has 0 spiro atoms. The lowest BCUT2D eigenvalue weighted by atomic mass is 10.0. The summed E-state index contributed by atoms with van der Waals surface area (Å²) in [6, 6.07) is 6.56. The molecule has 82 valence electrons. The Labute approximate surface area is 93.4 Å². The lowest BCUT2D eigenvalue weighted by Gasteiger charge is -2.24. The van der Waals surface area contributed by atoms with Gasteiger partial charge in [-0.05, 0) is 44.9 Å². The molecule has 1 rings (SSSR count). The van der Waals surface area contributed by atoms with Crippen LogP contribution in [0.5, 0.6) is 0 Å². The fraction of sp³-hybridized carbons (Fsp3) is 0.429. The van der Waals surface area contributed by atoms with E-state index < -0.39 is 0 Å². The van der Waals surface area contributed by atoms with E-state index in [1.165, 1.54) is 16.8 Å². The highest BCUT2D eigenvalue weighted by Crippen LogP contribution is 2.24. The molecule has 1 heteroatoms. The van der Waals surface area contributed by atoms with Gasteiger partial charge in [0.15, 0.2) is 0 Å². The minimum atomic E-state index is 1.05. The summed E-state index contributed by atoms with van der Waals surface area (Å²) in [5.74, 6) is 0. The van der Waals surface area contributed by atoms with Crippen LogP contribution >= 0.6 is 0 Å². The molecule has 0 aliphatic carbocycles. The van der Waals surface area contributed by atoms with Gasteiger partial charge in [-0.2, -0.15) is 0 Å². The molecule has 0 aliphatic heterocycles. The molecule has 15 heavy (non-hydrogen) atoms. The Kier molecular flexibility index (Phi) is 3.96. The summed E-state index contributed by atoms with van der Waals surface area (Å²) in [6.45, 7) is 14.7. The first kappa shape index (κ1) is 11.8. The SMILES string of the molecule is C=C(C)c1ccc(C)c(N(CC)CC)c1. The number of aryl methyl sites for hydroxylation is 1. The molecule has 0 aromatic heterocycles. The average Bonchev–Trinajstić information content (AvgIpc) is 2.22. The average molecular weight is 203 g/mol. The highest BCUT2D eigenvalue weighted by Gasteiger charge is 2.06. The van der Waals surface area contributed by atoms with E-state index in [1.807, 2.05) is 0 Å². The summed E-state index contributed by atoms with van der Waals surface area (Å²) in [5, 5.41) is 0. The van der Waals surface area contributed by atoms with Crippen molar-refractivity contribution < 1.29 is 0 Å². The number of benzene rings is 1. The molecule has 0 N–H and O–H groups in total. The molecule has 0 radical (unpaired) electrons. The van der Waals surface area contributed by atoms with Gasteiger partial charge in [0.1, 0.15) is 0 Å². The van der Waals surface area contributed by atoms with Gasteiger partial charge >= 0.3 is 0 Å². The lowest BCUT2D eigenvalue weighted by molar-refractivity contribution is 0.861. The van der Waals surface area contributed by atoms with E-state index in [0.717, 1.165) is 18.7 Å². The predicted molar refractivity (Wildman–Crippen MR) is 69.4 cm³/mol. The highest BCUT2D eigenvalue weighted by molar-refractivity contribution is 5.68. The molecule has 1 nitrogen and oxygen atoms in total. The van der Waals surface area contributed by atoms with Crippen LogP contribution in [-0.2, 0) is 0 Å². The van der Waals surface area contributed by atoms with E-state index in [0.29, 0.717) is 0 Å². The van der Waals surface area contributed by atoms with E-state index in [1.54, 1.807) is 0 Å². The van der Waals surface area contributed by atoms with Crippen LogP contribution < -0.4 is 4.90 Å². The Morgan fingerprint density at radius 1 is 1.27 bits per heavy atom. The summed E-state index contributed by atoms with van der Waals surface area (Å²) in [4.78, 5) is 2.38. The first-order valence-electron chi connectivity index (χ1n) is 5.61. The molecular formula is C14H21N. The molecule has 0 amide bonds. The van der Waals surface area contributed by atoms with Gasteiger partial charge in [0.25, 0.3) is 0 Å². The summed E-state index contributed by atoms with van der Waals surface area (Å²) in [6.07, 6.45) is 0. The first-order valence-corrected chi connectivity index (χ1v) is 5.61. The fourth-order valence-corrected chi connectivity index (χ4v) is 1.78. The van der Waals surface area contributed by atoms with Crippen molar-refractivity contribution in [3.8, 4) is 0 Å². The van der Waals surface area contributed by atoms with Gasteiger partial charge in [0.2, 0.25) is 0 Å². The number of anilines is 1.